The van der Waals surface area contributed by atoms with Crippen LogP contribution in [0.25, 0.3) is 0 Å². The Labute approximate surface area is 171 Å². The van der Waals surface area contributed by atoms with Crippen molar-refractivity contribution in [3.63, 3.8) is 0 Å². The van der Waals surface area contributed by atoms with E-state index in [1.165, 1.54) is 17.6 Å². The fourth-order valence-corrected chi connectivity index (χ4v) is 4.13. The Morgan fingerprint density at radius 2 is 2.07 bits per heavy atom. The number of amides is 2. The fraction of sp³-hybridized carbons (Fsp3) is 0.250. The fourth-order valence-electron chi connectivity index (χ4n) is 3.08. The highest BCUT2D eigenvalue weighted by Crippen LogP contribution is 2.28. The van der Waals surface area contributed by atoms with Crippen LogP contribution in [-0.4, -0.2) is 41.9 Å². The predicted molar refractivity (Wildman–Crippen MR) is 109 cm³/mol. The maximum absolute atomic E-state index is 12.4. The third kappa shape index (κ3) is 4.64. The molecule has 8 nitrogen and oxygen atoms in total. The number of carbonyl (C=O) groups is 2. The van der Waals surface area contributed by atoms with Crippen molar-refractivity contribution >= 4 is 34.0 Å². The molecule has 0 saturated carbocycles. The molecule has 2 aromatic heterocycles. The van der Waals surface area contributed by atoms with Crippen molar-refractivity contribution < 1.29 is 18.7 Å². The lowest BCUT2D eigenvalue weighted by Crippen LogP contribution is -2.36. The van der Waals surface area contributed by atoms with Gasteiger partial charge in [0.25, 0.3) is 5.91 Å². The van der Waals surface area contributed by atoms with E-state index in [-0.39, 0.29) is 24.1 Å². The molecule has 1 aliphatic rings. The molecule has 1 aliphatic heterocycles. The molecule has 0 radical (unpaired) electrons. The van der Waals surface area contributed by atoms with E-state index in [9.17, 15) is 9.59 Å². The van der Waals surface area contributed by atoms with Gasteiger partial charge in [0.15, 0.2) is 10.9 Å². The van der Waals surface area contributed by atoms with Gasteiger partial charge >= 0.3 is 0 Å². The summed E-state index contributed by atoms with van der Waals surface area (Å²) >= 11 is 1.43. The molecule has 29 heavy (non-hydrogen) atoms. The zero-order valence-electron chi connectivity index (χ0n) is 15.8. The number of anilines is 2. The van der Waals surface area contributed by atoms with Crippen LogP contribution in [0.4, 0.5) is 10.8 Å². The molecule has 0 fully saturated rings. The van der Waals surface area contributed by atoms with Crippen LogP contribution in [0.5, 0.6) is 5.75 Å². The van der Waals surface area contributed by atoms with Crippen molar-refractivity contribution in [2.45, 2.75) is 13.0 Å². The van der Waals surface area contributed by atoms with Crippen molar-refractivity contribution in [1.29, 1.82) is 0 Å². The van der Waals surface area contributed by atoms with Crippen LogP contribution >= 0.6 is 11.3 Å². The molecule has 150 valence electrons. The minimum absolute atomic E-state index is 0.0746. The van der Waals surface area contributed by atoms with Crippen LogP contribution in [0.15, 0.2) is 47.1 Å². The molecule has 0 unspecified atom stereocenters. The van der Waals surface area contributed by atoms with Crippen LogP contribution in [-0.2, 0) is 17.8 Å². The Balaban J connectivity index is 1.32. The minimum atomic E-state index is -0.322. The van der Waals surface area contributed by atoms with Crippen LogP contribution in [0.2, 0.25) is 0 Å². The van der Waals surface area contributed by atoms with E-state index in [2.05, 4.69) is 20.5 Å². The van der Waals surface area contributed by atoms with E-state index in [4.69, 9.17) is 9.15 Å². The number of fused-ring (bicyclic) bond motifs is 1. The number of aromatic nitrogens is 1. The topological polar surface area (TPSA) is 96.7 Å². The molecular weight excluding hydrogens is 392 g/mol. The quantitative estimate of drug-likeness (QED) is 0.646. The molecule has 9 heteroatoms. The Morgan fingerprint density at radius 1 is 1.24 bits per heavy atom. The molecule has 1 aromatic carbocycles. The first-order valence-electron chi connectivity index (χ1n) is 9.10. The lowest BCUT2D eigenvalue weighted by atomic mass is 10.2. The van der Waals surface area contributed by atoms with Crippen molar-refractivity contribution in [3.8, 4) is 5.75 Å². The van der Waals surface area contributed by atoms with Crippen LogP contribution in [0.3, 0.4) is 0 Å². The summed E-state index contributed by atoms with van der Waals surface area (Å²) in [6.45, 7) is 1.65. The number of ether oxygens (including phenoxy) is 1. The van der Waals surface area contributed by atoms with E-state index >= 15 is 0 Å². The van der Waals surface area contributed by atoms with Gasteiger partial charge in [0.1, 0.15) is 5.75 Å². The number of nitrogens with zero attached hydrogens (tertiary/aromatic N) is 2. The van der Waals surface area contributed by atoms with Gasteiger partial charge in [0, 0.05) is 30.1 Å². The summed E-state index contributed by atoms with van der Waals surface area (Å²) in [6.07, 6.45) is 2.19. The van der Waals surface area contributed by atoms with Crippen LogP contribution in [0, 0.1) is 0 Å². The second kappa shape index (κ2) is 8.46. The van der Waals surface area contributed by atoms with Crippen LogP contribution in [0.1, 0.15) is 21.1 Å². The number of thiazole rings is 1. The molecule has 0 saturated heterocycles. The van der Waals surface area contributed by atoms with Gasteiger partial charge in [-0.15, -0.1) is 11.3 Å². The predicted octanol–water partition coefficient (Wildman–Crippen LogP) is 2.99. The highest BCUT2D eigenvalue weighted by Gasteiger charge is 2.23. The molecule has 2 N–H and O–H groups in total. The molecule has 3 heterocycles. The number of methoxy groups -OCH3 is 1. The number of hydrogen-bond acceptors (Lipinski definition) is 7. The van der Waals surface area contributed by atoms with Gasteiger partial charge in [-0.2, -0.15) is 0 Å². The monoisotopic (exact) mass is 412 g/mol. The average Bonchev–Trinajstić information content (AvgIpc) is 3.37. The van der Waals surface area contributed by atoms with Crippen LogP contribution < -0.4 is 15.4 Å². The van der Waals surface area contributed by atoms with E-state index in [1.54, 1.807) is 31.4 Å². The minimum Gasteiger partial charge on any atom is -0.497 e. The Morgan fingerprint density at radius 3 is 2.79 bits per heavy atom. The number of carbonyl (C=O) groups excluding carboxylic acids is 2. The SMILES string of the molecule is COc1ccc(NC(=O)CN2CCc3nc(NC(=O)c4ccco4)sc3C2)cc1. The average molecular weight is 412 g/mol. The maximum atomic E-state index is 12.4. The smallest absolute Gasteiger partial charge is 0.293 e. The standard InChI is InChI=1S/C20H20N4O4S/c1-27-14-6-4-13(5-7-14)21-18(25)12-24-9-8-15-17(11-24)29-20(22-15)23-19(26)16-3-2-10-28-16/h2-7,10H,8-9,11-12H2,1H3,(H,21,25)(H,22,23,26). The zero-order chi connectivity index (χ0) is 20.2. The summed E-state index contributed by atoms with van der Waals surface area (Å²) in [5.41, 5.74) is 1.70. The second-order valence-corrected chi connectivity index (χ2v) is 7.64. The molecule has 3 aromatic rings. The van der Waals surface area contributed by atoms with E-state index in [1.807, 2.05) is 12.1 Å². The summed E-state index contributed by atoms with van der Waals surface area (Å²) in [5, 5.41) is 6.20. The highest BCUT2D eigenvalue weighted by atomic mass is 32.1. The molecular formula is C20H20N4O4S. The number of rotatable bonds is 6. The van der Waals surface area contributed by atoms with Crippen molar-refractivity contribution in [3.05, 3.63) is 59.0 Å². The third-order valence-corrected chi connectivity index (χ3v) is 5.51. The summed E-state index contributed by atoms with van der Waals surface area (Å²) in [7, 11) is 1.60. The summed E-state index contributed by atoms with van der Waals surface area (Å²) < 4.78 is 10.2. The number of furan rings is 1. The first kappa shape index (κ1) is 19.2. The van der Waals surface area contributed by atoms with Gasteiger partial charge in [-0.3, -0.25) is 19.8 Å². The van der Waals surface area contributed by atoms with E-state index in [0.29, 0.717) is 11.7 Å². The van der Waals surface area contributed by atoms with Gasteiger partial charge in [-0.25, -0.2) is 4.98 Å². The van der Waals surface area contributed by atoms with Crippen molar-refractivity contribution in [1.82, 2.24) is 9.88 Å². The zero-order valence-corrected chi connectivity index (χ0v) is 16.6. The molecule has 0 atom stereocenters. The summed E-state index contributed by atoms with van der Waals surface area (Å²) in [5.74, 6) is 0.591. The first-order valence-corrected chi connectivity index (χ1v) is 9.92. The summed E-state index contributed by atoms with van der Waals surface area (Å²) in [4.78, 5) is 32.1. The van der Waals surface area contributed by atoms with Crippen molar-refractivity contribution in [2.75, 3.05) is 30.8 Å². The first-order chi connectivity index (χ1) is 14.1. The van der Waals surface area contributed by atoms with Gasteiger partial charge < -0.3 is 14.5 Å². The van der Waals surface area contributed by atoms with E-state index in [0.717, 1.165) is 35.0 Å². The van der Waals surface area contributed by atoms with Gasteiger partial charge in [0.2, 0.25) is 5.91 Å². The molecule has 0 aliphatic carbocycles. The van der Waals surface area contributed by atoms with Crippen molar-refractivity contribution in [2.24, 2.45) is 0 Å². The van der Waals surface area contributed by atoms with Gasteiger partial charge in [-0.1, -0.05) is 0 Å². The maximum Gasteiger partial charge on any atom is 0.293 e. The summed E-state index contributed by atoms with van der Waals surface area (Å²) in [6, 6.07) is 10.5. The Bertz CT molecular complexity index is 998. The molecule has 2 amide bonds. The number of nitrogens with one attached hydrogen (secondary N) is 2. The van der Waals surface area contributed by atoms with Gasteiger partial charge in [-0.05, 0) is 36.4 Å². The molecule has 0 spiro atoms. The lowest BCUT2D eigenvalue weighted by molar-refractivity contribution is -0.117. The highest BCUT2D eigenvalue weighted by molar-refractivity contribution is 7.15. The number of hydrogen-bond donors (Lipinski definition) is 2. The number of benzene rings is 1. The molecule has 4 rings (SSSR count). The Hall–Kier alpha value is -3.17. The normalized spacial score (nSPS) is 13.6. The van der Waals surface area contributed by atoms with Gasteiger partial charge in [0.05, 0.1) is 25.6 Å². The Kier molecular flexibility index (Phi) is 5.59. The molecule has 0 bridgehead atoms. The largest absolute Gasteiger partial charge is 0.497 e. The van der Waals surface area contributed by atoms with E-state index < -0.39 is 0 Å². The third-order valence-electron chi connectivity index (χ3n) is 4.52. The lowest BCUT2D eigenvalue weighted by Gasteiger charge is -2.25. The second-order valence-electron chi connectivity index (χ2n) is 6.56.